The van der Waals surface area contributed by atoms with E-state index in [0.717, 1.165) is 6.07 Å². The number of nitrogens with one attached hydrogen (secondary N) is 2. The Bertz CT molecular complexity index is 517. The van der Waals surface area contributed by atoms with Crippen LogP contribution in [-0.4, -0.2) is 42.6 Å². The third kappa shape index (κ3) is 5.74. The number of nitrogens with zero attached hydrogens (tertiary/aromatic N) is 3. The topological polar surface area (TPSA) is 70.2 Å². The summed E-state index contributed by atoms with van der Waals surface area (Å²) in [6.45, 7) is 3.79. The zero-order chi connectivity index (χ0) is 16.9. The van der Waals surface area contributed by atoms with Gasteiger partial charge in [-0.15, -0.1) is 0 Å². The number of carbonyl (C=O) groups excluding carboxylic acids is 1. The SMILES string of the molecule is CC(C)NC(=O)CCNc1nc(N(C)C)cc(C(F)(F)F)n1. The van der Waals surface area contributed by atoms with Crippen LogP contribution in [0.2, 0.25) is 0 Å². The van der Waals surface area contributed by atoms with Crippen molar-refractivity contribution < 1.29 is 18.0 Å². The monoisotopic (exact) mass is 319 g/mol. The van der Waals surface area contributed by atoms with Crippen LogP contribution in [0.4, 0.5) is 24.9 Å². The Hall–Kier alpha value is -2.06. The van der Waals surface area contributed by atoms with E-state index in [1.54, 1.807) is 14.1 Å². The van der Waals surface area contributed by atoms with Crippen molar-refractivity contribution in [1.29, 1.82) is 0 Å². The van der Waals surface area contributed by atoms with Crippen LogP contribution in [0.3, 0.4) is 0 Å². The van der Waals surface area contributed by atoms with Crippen molar-refractivity contribution in [3.8, 4) is 0 Å². The molecule has 0 aliphatic rings. The van der Waals surface area contributed by atoms with Crippen LogP contribution < -0.4 is 15.5 Å². The molecule has 1 heterocycles. The average molecular weight is 319 g/mol. The van der Waals surface area contributed by atoms with Gasteiger partial charge >= 0.3 is 6.18 Å². The first-order valence-electron chi connectivity index (χ1n) is 6.76. The van der Waals surface area contributed by atoms with Crippen molar-refractivity contribution in [2.45, 2.75) is 32.5 Å². The molecule has 1 amide bonds. The Morgan fingerprint density at radius 3 is 2.45 bits per heavy atom. The summed E-state index contributed by atoms with van der Waals surface area (Å²) in [6.07, 6.45) is -4.44. The summed E-state index contributed by atoms with van der Waals surface area (Å²) in [7, 11) is 3.17. The predicted octanol–water partition coefficient (Wildman–Crippen LogP) is 1.89. The molecule has 1 rings (SSSR count). The maximum absolute atomic E-state index is 12.8. The summed E-state index contributed by atoms with van der Waals surface area (Å²) in [4.78, 5) is 20.3. The molecule has 1 aromatic rings. The first-order chi connectivity index (χ1) is 10.1. The molecule has 0 saturated carbocycles. The average Bonchev–Trinajstić information content (AvgIpc) is 2.36. The largest absolute Gasteiger partial charge is 0.433 e. The number of hydrogen-bond acceptors (Lipinski definition) is 5. The van der Waals surface area contributed by atoms with Gasteiger partial charge in [0.05, 0.1) is 0 Å². The van der Waals surface area contributed by atoms with Gasteiger partial charge in [-0.1, -0.05) is 0 Å². The smallest absolute Gasteiger partial charge is 0.363 e. The molecule has 0 radical (unpaired) electrons. The second kappa shape index (κ2) is 7.28. The maximum atomic E-state index is 12.8. The van der Waals surface area contributed by atoms with E-state index in [1.165, 1.54) is 4.90 Å². The number of hydrogen-bond donors (Lipinski definition) is 2. The van der Waals surface area contributed by atoms with Gasteiger partial charge < -0.3 is 15.5 Å². The number of rotatable bonds is 6. The van der Waals surface area contributed by atoms with Gasteiger partial charge in [-0.3, -0.25) is 4.79 Å². The number of carbonyl (C=O) groups is 1. The second-order valence-corrected chi connectivity index (χ2v) is 5.23. The van der Waals surface area contributed by atoms with Crippen LogP contribution in [-0.2, 0) is 11.0 Å². The number of aromatic nitrogens is 2. The van der Waals surface area contributed by atoms with Crippen LogP contribution in [0.1, 0.15) is 26.0 Å². The van der Waals surface area contributed by atoms with Crippen molar-refractivity contribution in [1.82, 2.24) is 15.3 Å². The lowest BCUT2D eigenvalue weighted by Gasteiger charge is -2.16. The molecule has 124 valence electrons. The van der Waals surface area contributed by atoms with Gasteiger partial charge in [0.1, 0.15) is 5.82 Å². The fourth-order valence-corrected chi connectivity index (χ4v) is 1.57. The molecule has 0 saturated heterocycles. The van der Waals surface area contributed by atoms with Gasteiger partial charge in [0.25, 0.3) is 0 Å². The third-order valence-electron chi connectivity index (χ3n) is 2.55. The standard InChI is InChI=1S/C13H20F3N5O/c1-8(2)18-11(22)5-6-17-12-19-9(13(14,15)16)7-10(20-12)21(3)4/h7-8H,5-6H2,1-4H3,(H,18,22)(H,17,19,20). The fraction of sp³-hybridized carbons (Fsp3) is 0.615. The molecule has 0 fully saturated rings. The van der Waals surface area contributed by atoms with Gasteiger partial charge in [0.15, 0.2) is 5.69 Å². The highest BCUT2D eigenvalue weighted by molar-refractivity contribution is 5.76. The van der Waals surface area contributed by atoms with Gasteiger partial charge in [0, 0.05) is 39.2 Å². The van der Waals surface area contributed by atoms with Crippen molar-refractivity contribution in [2.24, 2.45) is 0 Å². The van der Waals surface area contributed by atoms with E-state index in [4.69, 9.17) is 0 Å². The molecule has 0 unspecified atom stereocenters. The molecule has 22 heavy (non-hydrogen) atoms. The first kappa shape index (κ1) is 18.0. The molecule has 0 spiro atoms. The van der Waals surface area contributed by atoms with Gasteiger partial charge in [0.2, 0.25) is 11.9 Å². The first-order valence-corrected chi connectivity index (χ1v) is 6.76. The zero-order valence-electron chi connectivity index (χ0n) is 13.0. The minimum absolute atomic E-state index is 0.0117. The number of halogens is 3. The minimum Gasteiger partial charge on any atom is -0.363 e. The molecule has 6 nitrogen and oxygen atoms in total. The van der Waals surface area contributed by atoms with Gasteiger partial charge in [-0.05, 0) is 13.8 Å². The van der Waals surface area contributed by atoms with E-state index >= 15 is 0 Å². The summed E-state index contributed by atoms with van der Waals surface area (Å²) >= 11 is 0. The Morgan fingerprint density at radius 1 is 1.32 bits per heavy atom. The van der Waals surface area contributed by atoms with Crippen molar-refractivity contribution in [2.75, 3.05) is 30.9 Å². The fourth-order valence-electron chi connectivity index (χ4n) is 1.57. The van der Waals surface area contributed by atoms with E-state index in [0.29, 0.717) is 0 Å². The summed E-state index contributed by atoms with van der Waals surface area (Å²) in [5.74, 6) is -0.213. The third-order valence-corrected chi connectivity index (χ3v) is 2.55. The molecule has 2 N–H and O–H groups in total. The summed E-state index contributed by atoms with van der Waals surface area (Å²) in [6, 6.07) is 0.883. The summed E-state index contributed by atoms with van der Waals surface area (Å²) < 4.78 is 38.4. The second-order valence-electron chi connectivity index (χ2n) is 5.23. The van der Waals surface area contributed by atoms with E-state index in [-0.39, 0.29) is 36.7 Å². The lowest BCUT2D eigenvalue weighted by molar-refractivity contribution is -0.141. The molecular formula is C13H20F3N5O. The molecule has 9 heteroatoms. The lowest BCUT2D eigenvalue weighted by atomic mass is 10.3. The molecule has 1 aromatic heterocycles. The van der Waals surface area contributed by atoms with Crippen LogP contribution >= 0.6 is 0 Å². The maximum Gasteiger partial charge on any atom is 0.433 e. The molecule has 0 atom stereocenters. The van der Waals surface area contributed by atoms with Crippen LogP contribution in [0, 0.1) is 0 Å². The molecular weight excluding hydrogens is 299 g/mol. The van der Waals surface area contributed by atoms with Crippen LogP contribution in [0.15, 0.2) is 6.07 Å². The Balaban J connectivity index is 2.77. The molecule has 0 aliphatic heterocycles. The van der Waals surface area contributed by atoms with Gasteiger partial charge in [-0.2, -0.15) is 18.2 Å². The van der Waals surface area contributed by atoms with Crippen LogP contribution in [0.25, 0.3) is 0 Å². The summed E-state index contributed by atoms with van der Waals surface area (Å²) in [5, 5.41) is 5.33. The summed E-state index contributed by atoms with van der Waals surface area (Å²) in [5.41, 5.74) is -1.03. The normalized spacial score (nSPS) is 11.5. The van der Waals surface area contributed by atoms with Crippen LogP contribution in [0.5, 0.6) is 0 Å². The van der Waals surface area contributed by atoms with Gasteiger partial charge in [-0.25, -0.2) is 4.98 Å². The predicted molar refractivity (Wildman–Crippen MR) is 77.7 cm³/mol. The van der Waals surface area contributed by atoms with E-state index in [9.17, 15) is 18.0 Å². The highest BCUT2D eigenvalue weighted by atomic mass is 19.4. The number of alkyl halides is 3. The minimum atomic E-state index is -4.56. The van der Waals surface area contributed by atoms with E-state index in [1.807, 2.05) is 13.8 Å². The van der Waals surface area contributed by atoms with E-state index < -0.39 is 11.9 Å². The highest BCUT2D eigenvalue weighted by Gasteiger charge is 2.34. The molecule has 0 bridgehead atoms. The van der Waals surface area contributed by atoms with E-state index in [2.05, 4.69) is 20.6 Å². The highest BCUT2D eigenvalue weighted by Crippen LogP contribution is 2.30. The van der Waals surface area contributed by atoms with Crippen molar-refractivity contribution in [3.63, 3.8) is 0 Å². The Labute approximate surface area is 127 Å². The quantitative estimate of drug-likeness (QED) is 0.838. The Morgan fingerprint density at radius 2 is 1.95 bits per heavy atom. The Kier molecular flexibility index (Phi) is 5.95. The van der Waals surface area contributed by atoms with Crippen molar-refractivity contribution in [3.05, 3.63) is 11.8 Å². The number of amides is 1. The zero-order valence-corrected chi connectivity index (χ0v) is 13.0. The molecule has 0 aliphatic carbocycles. The lowest BCUT2D eigenvalue weighted by Crippen LogP contribution is -2.31. The van der Waals surface area contributed by atoms with Crippen molar-refractivity contribution >= 4 is 17.7 Å². The molecule has 0 aromatic carbocycles. The number of anilines is 2.